The molecule has 0 unspecified atom stereocenters. The van der Waals surface area contributed by atoms with Crippen molar-refractivity contribution < 1.29 is 9.59 Å². The van der Waals surface area contributed by atoms with Crippen molar-refractivity contribution in [1.82, 2.24) is 16.0 Å². The van der Waals surface area contributed by atoms with Crippen LogP contribution >= 0.6 is 0 Å². The maximum atomic E-state index is 11.7. The topological polar surface area (TPSA) is 70.2 Å². The Bertz CT molecular complexity index is 261. The van der Waals surface area contributed by atoms with Gasteiger partial charge in [-0.15, -0.1) is 0 Å². The van der Waals surface area contributed by atoms with Crippen LogP contribution in [0, 0.1) is 0 Å². The zero-order valence-corrected chi connectivity index (χ0v) is 8.71. The zero-order chi connectivity index (χ0) is 10.7. The second-order valence-electron chi connectivity index (χ2n) is 4.21. The number of nitrogens with one attached hydrogen (secondary N) is 3. The first-order chi connectivity index (χ1) is 7.25. The van der Waals surface area contributed by atoms with E-state index in [0.29, 0.717) is 12.8 Å². The predicted molar refractivity (Wildman–Crippen MR) is 55.2 cm³/mol. The van der Waals surface area contributed by atoms with E-state index < -0.39 is 0 Å². The molecule has 2 fully saturated rings. The van der Waals surface area contributed by atoms with Crippen LogP contribution in [0.3, 0.4) is 0 Å². The summed E-state index contributed by atoms with van der Waals surface area (Å²) in [5, 5.41) is 8.87. The van der Waals surface area contributed by atoms with E-state index >= 15 is 0 Å². The summed E-state index contributed by atoms with van der Waals surface area (Å²) >= 11 is 0. The molecule has 0 aromatic carbocycles. The average Bonchev–Trinajstić information content (AvgIpc) is 2.66. The van der Waals surface area contributed by atoms with Crippen LogP contribution in [0.4, 0.5) is 0 Å². The lowest BCUT2D eigenvalue weighted by molar-refractivity contribution is -0.126. The Labute approximate surface area is 89.0 Å². The summed E-state index contributed by atoms with van der Waals surface area (Å²) < 4.78 is 0. The number of carbonyl (C=O) groups is 2. The molecule has 15 heavy (non-hydrogen) atoms. The third kappa shape index (κ3) is 2.68. The Kier molecular flexibility index (Phi) is 3.20. The van der Waals surface area contributed by atoms with Crippen molar-refractivity contribution in [3.05, 3.63) is 0 Å². The summed E-state index contributed by atoms with van der Waals surface area (Å²) in [5.41, 5.74) is 0. The van der Waals surface area contributed by atoms with Gasteiger partial charge in [0, 0.05) is 19.0 Å². The molecule has 5 nitrogen and oxygen atoms in total. The van der Waals surface area contributed by atoms with Crippen molar-refractivity contribution >= 4 is 11.8 Å². The Morgan fingerprint density at radius 3 is 2.87 bits per heavy atom. The minimum Gasteiger partial charge on any atom is -0.350 e. The molecular formula is C10H17N3O2. The number of carbonyl (C=O) groups excluding carboxylic acids is 2. The van der Waals surface area contributed by atoms with E-state index in [9.17, 15) is 9.59 Å². The number of hydrogen-bond donors (Lipinski definition) is 3. The molecule has 5 heteroatoms. The summed E-state index contributed by atoms with van der Waals surface area (Å²) in [4.78, 5) is 22.7. The van der Waals surface area contributed by atoms with Gasteiger partial charge in [0.25, 0.3) is 0 Å². The van der Waals surface area contributed by atoms with Gasteiger partial charge >= 0.3 is 0 Å². The molecule has 3 N–H and O–H groups in total. The van der Waals surface area contributed by atoms with E-state index in [1.807, 2.05) is 0 Å². The van der Waals surface area contributed by atoms with Crippen molar-refractivity contribution in [3.63, 3.8) is 0 Å². The van der Waals surface area contributed by atoms with E-state index in [4.69, 9.17) is 0 Å². The Balaban J connectivity index is 1.78. The molecule has 2 saturated heterocycles. The minimum atomic E-state index is -0.306. The maximum absolute atomic E-state index is 11.7. The summed E-state index contributed by atoms with van der Waals surface area (Å²) in [7, 11) is 0. The SMILES string of the molecule is O=C1CC[C@H](C(=O)N[C@@H]2CCCNC2)N1. The standard InChI is InChI=1S/C10H17N3O2/c14-9-4-3-8(13-9)10(15)12-7-2-1-5-11-6-7/h7-8,11H,1-6H2,(H,12,15)(H,13,14)/t7-,8-/m1/s1. The molecule has 0 aromatic heterocycles. The van der Waals surface area contributed by atoms with Crippen LogP contribution in [0.15, 0.2) is 0 Å². The van der Waals surface area contributed by atoms with Crippen LogP contribution in [-0.2, 0) is 9.59 Å². The molecule has 2 atom stereocenters. The van der Waals surface area contributed by atoms with E-state index in [2.05, 4.69) is 16.0 Å². The van der Waals surface area contributed by atoms with Crippen LogP contribution in [0.25, 0.3) is 0 Å². The van der Waals surface area contributed by atoms with Gasteiger partial charge in [-0.25, -0.2) is 0 Å². The first-order valence-electron chi connectivity index (χ1n) is 5.56. The predicted octanol–water partition coefficient (Wildman–Crippen LogP) is -0.867. The van der Waals surface area contributed by atoms with E-state index in [1.165, 1.54) is 0 Å². The molecule has 0 bridgehead atoms. The van der Waals surface area contributed by atoms with Gasteiger partial charge in [0.15, 0.2) is 0 Å². The van der Waals surface area contributed by atoms with Crippen LogP contribution in [0.5, 0.6) is 0 Å². The Morgan fingerprint density at radius 1 is 1.40 bits per heavy atom. The molecule has 2 aliphatic rings. The van der Waals surface area contributed by atoms with Gasteiger partial charge in [0.05, 0.1) is 0 Å². The van der Waals surface area contributed by atoms with Crippen molar-refractivity contribution in [1.29, 1.82) is 0 Å². The molecule has 2 heterocycles. The maximum Gasteiger partial charge on any atom is 0.242 e. The number of hydrogen-bond acceptors (Lipinski definition) is 3. The van der Waals surface area contributed by atoms with E-state index in [0.717, 1.165) is 25.9 Å². The normalized spacial score (nSPS) is 31.1. The first kappa shape index (κ1) is 10.4. The van der Waals surface area contributed by atoms with Crippen molar-refractivity contribution in [2.75, 3.05) is 13.1 Å². The molecule has 0 aromatic rings. The monoisotopic (exact) mass is 211 g/mol. The first-order valence-corrected chi connectivity index (χ1v) is 5.56. The lowest BCUT2D eigenvalue weighted by atomic mass is 10.1. The highest BCUT2D eigenvalue weighted by Gasteiger charge is 2.28. The molecule has 84 valence electrons. The van der Waals surface area contributed by atoms with Gasteiger partial charge < -0.3 is 16.0 Å². The molecule has 0 radical (unpaired) electrons. The summed E-state index contributed by atoms with van der Waals surface area (Å²) in [5.74, 6) is -0.0496. The van der Waals surface area contributed by atoms with Gasteiger partial charge in [-0.1, -0.05) is 0 Å². The highest BCUT2D eigenvalue weighted by Crippen LogP contribution is 2.08. The third-order valence-electron chi connectivity index (χ3n) is 2.96. The quantitative estimate of drug-likeness (QED) is 0.556. The second kappa shape index (κ2) is 4.61. The van der Waals surface area contributed by atoms with Gasteiger partial charge in [-0.2, -0.15) is 0 Å². The van der Waals surface area contributed by atoms with Crippen LogP contribution in [-0.4, -0.2) is 37.0 Å². The highest BCUT2D eigenvalue weighted by molar-refractivity contribution is 5.90. The molecular weight excluding hydrogens is 194 g/mol. The molecule has 2 amide bonds. The van der Waals surface area contributed by atoms with Crippen molar-refractivity contribution in [3.8, 4) is 0 Å². The summed E-state index contributed by atoms with van der Waals surface area (Å²) in [6, 6.07) is -0.0804. The zero-order valence-electron chi connectivity index (χ0n) is 8.71. The van der Waals surface area contributed by atoms with Gasteiger partial charge in [-0.05, 0) is 25.8 Å². The highest BCUT2D eigenvalue weighted by atomic mass is 16.2. The summed E-state index contributed by atoms with van der Waals surface area (Å²) in [6.45, 7) is 1.87. The Hall–Kier alpha value is -1.10. The Morgan fingerprint density at radius 2 is 2.27 bits per heavy atom. The fraction of sp³-hybridized carbons (Fsp3) is 0.800. The number of rotatable bonds is 2. The van der Waals surface area contributed by atoms with Crippen LogP contribution in [0.2, 0.25) is 0 Å². The smallest absolute Gasteiger partial charge is 0.242 e. The van der Waals surface area contributed by atoms with Crippen LogP contribution < -0.4 is 16.0 Å². The average molecular weight is 211 g/mol. The minimum absolute atomic E-state index is 0.0167. The van der Waals surface area contributed by atoms with E-state index in [-0.39, 0.29) is 23.9 Å². The molecule has 0 saturated carbocycles. The van der Waals surface area contributed by atoms with Gasteiger partial charge in [0.2, 0.25) is 11.8 Å². The lowest BCUT2D eigenvalue weighted by Crippen LogP contribution is -2.50. The lowest BCUT2D eigenvalue weighted by Gasteiger charge is -2.25. The van der Waals surface area contributed by atoms with Crippen LogP contribution in [0.1, 0.15) is 25.7 Å². The summed E-state index contributed by atoms with van der Waals surface area (Å²) in [6.07, 6.45) is 3.23. The van der Waals surface area contributed by atoms with Gasteiger partial charge in [0.1, 0.15) is 6.04 Å². The van der Waals surface area contributed by atoms with Crippen molar-refractivity contribution in [2.24, 2.45) is 0 Å². The largest absolute Gasteiger partial charge is 0.350 e. The van der Waals surface area contributed by atoms with Crippen molar-refractivity contribution in [2.45, 2.75) is 37.8 Å². The number of amides is 2. The molecule has 2 rings (SSSR count). The molecule has 2 aliphatic heterocycles. The molecule has 0 spiro atoms. The van der Waals surface area contributed by atoms with E-state index in [1.54, 1.807) is 0 Å². The molecule has 0 aliphatic carbocycles. The fourth-order valence-electron chi connectivity index (χ4n) is 2.09. The van der Waals surface area contributed by atoms with Gasteiger partial charge in [-0.3, -0.25) is 9.59 Å². The third-order valence-corrected chi connectivity index (χ3v) is 2.96. The number of piperidine rings is 1. The second-order valence-corrected chi connectivity index (χ2v) is 4.21. The fourth-order valence-corrected chi connectivity index (χ4v) is 2.09.